The van der Waals surface area contributed by atoms with Gasteiger partial charge in [0.2, 0.25) is 0 Å². The van der Waals surface area contributed by atoms with Crippen molar-refractivity contribution in [1.82, 2.24) is 9.88 Å². The van der Waals surface area contributed by atoms with Crippen molar-refractivity contribution in [2.24, 2.45) is 5.92 Å². The highest BCUT2D eigenvalue weighted by atomic mass is 79.9. The molecule has 2 heterocycles. The molecule has 2 rings (SSSR count). The smallest absolute Gasteiger partial charge is 0.272 e. The van der Waals surface area contributed by atoms with Crippen LogP contribution >= 0.6 is 15.9 Å². The number of nitriles is 1. The summed E-state index contributed by atoms with van der Waals surface area (Å²) in [6, 6.07) is 7.50. The van der Waals surface area contributed by atoms with Crippen LogP contribution in [0.2, 0.25) is 0 Å². The van der Waals surface area contributed by atoms with E-state index in [0.717, 1.165) is 12.8 Å². The molecule has 1 saturated heterocycles. The number of nitrogens with zero attached hydrogens (tertiary/aromatic N) is 3. The van der Waals surface area contributed by atoms with Crippen LogP contribution in [0.5, 0.6) is 0 Å². The Morgan fingerprint density at radius 2 is 2.41 bits per heavy atom. The second-order valence-corrected chi connectivity index (χ2v) is 4.88. The number of pyridine rings is 1. The molecule has 1 amide bonds. The van der Waals surface area contributed by atoms with Crippen molar-refractivity contribution in [3.63, 3.8) is 0 Å². The van der Waals surface area contributed by atoms with Crippen LogP contribution in [-0.4, -0.2) is 28.9 Å². The largest absolute Gasteiger partial charge is 0.336 e. The van der Waals surface area contributed by atoms with E-state index in [2.05, 4.69) is 27.0 Å². The van der Waals surface area contributed by atoms with Gasteiger partial charge in [-0.15, -0.1) is 0 Å². The van der Waals surface area contributed by atoms with E-state index in [1.165, 1.54) is 0 Å². The van der Waals surface area contributed by atoms with Crippen molar-refractivity contribution >= 4 is 21.8 Å². The van der Waals surface area contributed by atoms with E-state index < -0.39 is 0 Å². The molecule has 1 aliphatic heterocycles. The van der Waals surface area contributed by atoms with Gasteiger partial charge in [-0.05, 0) is 40.9 Å². The minimum absolute atomic E-state index is 0.0418. The average Bonchev–Trinajstić information content (AvgIpc) is 2.38. The molecule has 17 heavy (non-hydrogen) atoms. The fourth-order valence-corrected chi connectivity index (χ4v) is 2.30. The molecular formula is C12H12BrN3O. The molecule has 1 fully saturated rings. The molecular weight excluding hydrogens is 282 g/mol. The molecule has 4 nitrogen and oxygen atoms in total. The van der Waals surface area contributed by atoms with E-state index in [4.69, 9.17) is 5.26 Å². The summed E-state index contributed by atoms with van der Waals surface area (Å²) in [5.74, 6) is -0.133. The Balaban J connectivity index is 2.12. The minimum atomic E-state index is -0.0914. The second-order valence-electron chi connectivity index (χ2n) is 4.06. The van der Waals surface area contributed by atoms with Gasteiger partial charge in [-0.1, -0.05) is 6.07 Å². The summed E-state index contributed by atoms with van der Waals surface area (Å²) in [5.41, 5.74) is 0.429. The van der Waals surface area contributed by atoms with Gasteiger partial charge in [0.25, 0.3) is 5.91 Å². The average molecular weight is 294 g/mol. The van der Waals surface area contributed by atoms with Gasteiger partial charge in [0.05, 0.1) is 12.0 Å². The Labute approximate surface area is 108 Å². The van der Waals surface area contributed by atoms with E-state index in [9.17, 15) is 4.79 Å². The number of rotatable bonds is 1. The van der Waals surface area contributed by atoms with Crippen LogP contribution in [0.3, 0.4) is 0 Å². The first-order valence-electron chi connectivity index (χ1n) is 5.52. The van der Waals surface area contributed by atoms with Crippen LogP contribution < -0.4 is 0 Å². The predicted molar refractivity (Wildman–Crippen MR) is 66.2 cm³/mol. The Morgan fingerprint density at radius 3 is 3.12 bits per heavy atom. The highest BCUT2D eigenvalue weighted by Gasteiger charge is 2.24. The van der Waals surface area contributed by atoms with Crippen molar-refractivity contribution in [3.8, 4) is 6.07 Å². The molecule has 1 aliphatic rings. The number of carbonyl (C=O) groups excluding carboxylic acids is 1. The number of hydrogen-bond acceptors (Lipinski definition) is 3. The van der Waals surface area contributed by atoms with Gasteiger partial charge >= 0.3 is 0 Å². The Morgan fingerprint density at radius 1 is 1.59 bits per heavy atom. The lowest BCUT2D eigenvalue weighted by Gasteiger charge is -2.29. The Kier molecular flexibility index (Phi) is 3.75. The number of carbonyl (C=O) groups is 1. The molecule has 0 radical (unpaired) electrons. The fraction of sp³-hybridized carbons (Fsp3) is 0.417. The monoisotopic (exact) mass is 293 g/mol. The quantitative estimate of drug-likeness (QED) is 0.746. The lowest BCUT2D eigenvalue weighted by Crippen LogP contribution is -2.39. The first-order chi connectivity index (χ1) is 8.20. The number of piperidine rings is 1. The van der Waals surface area contributed by atoms with Gasteiger partial charge in [-0.25, -0.2) is 4.98 Å². The maximum atomic E-state index is 12.1. The van der Waals surface area contributed by atoms with Crippen molar-refractivity contribution in [3.05, 3.63) is 28.5 Å². The zero-order valence-electron chi connectivity index (χ0n) is 9.27. The summed E-state index contributed by atoms with van der Waals surface area (Å²) in [4.78, 5) is 18.0. The first kappa shape index (κ1) is 12.1. The molecule has 1 atom stereocenters. The molecule has 1 unspecified atom stereocenters. The molecule has 0 bridgehead atoms. The standard InChI is InChI=1S/C12H12BrN3O/c13-11-5-1-4-10(15-11)12(17)16-6-2-3-9(7-14)8-16/h1,4-5,9H,2-3,6,8H2. The molecule has 0 spiro atoms. The van der Waals surface area contributed by atoms with Crippen molar-refractivity contribution in [2.45, 2.75) is 12.8 Å². The Bertz CT molecular complexity index is 469. The third-order valence-corrected chi connectivity index (χ3v) is 3.27. The zero-order chi connectivity index (χ0) is 12.3. The maximum Gasteiger partial charge on any atom is 0.272 e. The van der Waals surface area contributed by atoms with Crippen molar-refractivity contribution < 1.29 is 4.79 Å². The number of likely N-dealkylation sites (tertiary alicyclic amines) is 1. The molecule has 0 aliphatic carbocycles. The summed E-state index contributed by atoms with van der Waals surface area (Å²) >= 11 is 3.25. The fourth-order valence-electron chi connectivity index (χ4n) is 1.96. The van der Waals surface area contributed by atoms with Gasteiger partial charge in [0.1, 0.15) is 10.3 Å². The Hall–Kier alpha value is -1.41. The van der Waals surface area contributed by atoms with Crippen LogP contribution in [0.15, 0.2) is 22.8 Å². The molecule has 88 valence electrons. The number of halogens is 1. The van der Waals surface area contributed by atoms with Crippen LogP contribution in [0.4, 0.5) is 0 Å². The highest BCUT2D eigenvalue weighted by Crippen LogP contribution is 2.18. The van der Waals surface area contributed by atoms with Crippen LogP contribution in [-0.2, 0) is 0 Å². The number of hydrogen-bond donors (Lipinski definition) is 0. The lowest BCUT2D eigenvalue weighted by atomic mass is 9.99. The summed E-state index contributed by atoms with van der Waals surface area (Å²) in [6.07, 6.45) is 1.77. The van der Waals surface area contributed by atoms with Crippen LogP contribution in [0, 0.1) is 17.2 Å². The summed E-state index contributed by atoms with van der Waals surface area (Å²) in [7, 11) is 0. The van der Waals surface area contributed by atoms with Gasteiger partial charge in [0.15, 0.2) is 0 Å². The lowest BCUT2D eigenvalue weighted by molar-refractivity contribution is 0.0692. The minimum Gasteiger partial charge on any atom is -0.336 e. The predicted octanol–water partition coefficient (Wildman–Crippen LogP) is 2.22. The maximum absolute atomic E-state index is 12.1. The molecule has 5 heteroatoms. The van der Waals surface area contributed by atoms with Crippen LogP contribution in [0.1, 0.15) is 23.3 Å². The van der Waals surface area contributed by atoms with E-state index in [0.29, 0.717) is 23.4 Å². The first-order valence-corrected chi connectivity index (χ1v) is 6.31. The SMILES string of the molecule is N#CC1CCCN(C(=O)c2cccc(Br)n2)C1. The van der Waals surface area contributed by atoms with Gasteiger partial charge in [-0.3, -0.25) is 4.79 Å². The van der Waals surface area contributed by atoms with E-state index >= 15 is 0 Å². The van der Waals surface area contributed by atoms with E-state index in [1.807, 2.05) is 0 Å². The van der Waals surface area contributed by atoms with E-state index in [1.54, 1.807) is 23.1 Å². The molecule has 0 aromatic carbocycles. The van der Waals surface area contributed by atoms with Crippen molar-refractivity contribution in [1.29, 1.82) is 5.26 Å². The normalized spacial score (nSPS) is 19.8. The van der Waals surface area contributed by atoms with Gasteiger partial charge < -0.3 is 4.90 Å². The third-order valence-electron chi connectivity index (χ3n) is 2.83. The summed E-state index contributed by atoms with van der Waals surface area (Å²) < 4.78 is 0.650. The molecule has 0 saturated carbocycles. The van der Waals surface area contributed by atoms with Crippen molar-refractivity contribution in [2.75, 3.05) is 13.1 Å². The van der Waals surface area contributed by atoms with Gasteiger partial charge in [-0.2, -0.15) is 5.26 Å². The highest BCUT2D eigenvalue weighted by molar-refractivity contribution is 9.10. The number of aromatic nitrogens is 1. The number of amides is 1. The second kappa shape index (κ2) is 5.28. The molecule has 0 N–H and O–H groups in total. The van der Waals surface area contributed by atoms with Crippen LogP contribution in [0.25, 0.3) is 0 Å². The van der Waals surface area contributed by atoms with E-state index in [-0.39, 0.29) is 11.8 Å². The van der Waals surface area contributed by atoms with Gasteiger partial charge in [0, 0.05) is 13.1 Å². The molecule has 1 aromatic heterocycles. The summed E-state index contributed by atoms with van der Waals surface area (Å²) in [6.45, 7) is 1.23. The third kappa shape index (κ3) is 2.83. The zero-order valence-corrected chi connectivity index (χ0v) is 10.9. The topological polar surface area (TPSA) is 57.0 Å². The summed E-state index contributed by atoms with van der Waals surface area (Å²) in [5, 5.41) is 8.89. The molecule has 1 aromatic rings.